The van der Waals surface area contributed by atoms with Crippen LogP contribution in [0.25, 0.3) is 0 Å². The summed E-state index contributed by atoms with van der Waals surface area (Å²) in [5.41, 5.74) is 0. The second-order valence-corrected chi connectivity index (χ2v) is 13.7. The fourth-order valence-electron chi connectivity index (χ4n) is 2.22. The Kier molecular flexibility index (Phi) is 12.4. The van der Waals surface area contributed by atoms with Crippen LogP contribution in [-0.2, 0) is 19.1 Å². The van der Waals surface area contributed by atoms with Crippen LogP contribution in [0, 0.1) is 0 Å². The van der Waals surface area contributed by atoms with Crippen LogP contribution in [0.1, 0.15) is 89.5 Å². The first-order valence-corrected chi connectivity index (χ1v) is 11.3. The van der Waals surface area contributed by atoms with Crippen molar-refractivity contribution in [3.63, 3.8) is 0 Å². The standard InChI is InChI=1S/C11H22O2S.C10H20O2S/c1-7-10(3,4)14-11(5,6)9(12)13-8-2;1-7-12-8(11)10(5,6)13-9(2,3)4/h7-8H2,1-6H3;7H2,1-6H3. The van der Waals surface area contributed by atoms with E-state index in [0.29, 0.717) is 13.2 Å². The predicted octanol–water partition coefficient (Wildman–Crippen LogP) is 6.11. The van der Waals surface area contributed by atoms with Crippen LogP contribution >= 0.6 is 23.5 Å². The molecule has 0 atom stereocenters. The van der Waals surface area contributed by atoms with Crippen molar-refractivity contribution in [3.8, 4) is 0 Å². The lowest BCUT2D eigenvalue weighted by molar-refractivity contribution is -0.145. The maximum Gasteiger partial charge on any atom is 0.321 e. The van der Waals surface area contributed by atoms with E-state index in [-0.39, 0.29) is 21.4 Å². The maximum atomic E-state index is 11.6. The smallest absolute Gasteiger partial charge is 0.321 e. The van der Waals surface area contributed by atoms with Crippen LogP contribution in [0.3, 0.4) is 0 Å². The van der Waals surface area contributed by atoms with Crippen molar-refractivity contribution >= 4 is 35.5 Å². The summed E-state index contributed by atoms with van der Waals surface area (Å²) >= 11 is 3.31. The Bertz CT molecular complexity index is 463. The zero-order valence-electron chi connectivity index (χ0n) is 19.6. The van der Waals surface area contributed by atoms with Gasteiger partial charge in [-0.2, -0.15) is 0 Å². The Morgan fingerprint density at radius 2 is 1.00 bits per heavy atom. The fraction of sp³-hybridized carbons (Fsp3) is 0.905. The molecule has 27 heavy (non-hydrogen) atoms. The zero-order chi connectivity index (χ0) is 22.1. The molecule has 0 rings (SSSR count). The van der Waals surface area contributed by atoms with E-state index in [1.165, 1.54) is 0 Å². The van der Waals surface area contributed by atoms with Crippen molar-refractivity contribution in [1.82, 2.24) is 0 Å². The second-order valence-electron chi connectivity index (χ2n) is 8.89. The molecule has 0 saturated heterocycles. The van der Waals surface area contributed by atoms with Gasteiger partial charge in [0.25, 0.3) is 0 Å². The third kappa shape index (κ3) is 13.4. The number of thioether (sulfide) groups is 2. The van der Waals surface area contributed by atoms with E-state index >= 15 is 0 Å². The SMILES string of the molecule is CCOC(=O)C(C)(C)SC(C)(C)C.CCOC(=O)C(C)(C)SC(C)(C)CC. The van der Waals surface area contributed by atoms with E-state index in [9.17, 15) is 9.59 Å². The predicted molar refractivity (Wildman–Crippen MR) is 121 cm³/mol. The molecule has 0 aliphatic carbocycles. The van der Waals surface area contributed by atoms with Crippen LogP contribution < -0.4 is 0 Å². The molecule has 0 aromatic rings. The van der Waals surface area contributed by atoms with Crippen LogP contribution in [0.2, 0.25) is 0 Å². The maximum absolute atomic E-state index is 11.6. The van der Waals surface area contributed by atoms with Gasteiger partial charge >= 0.3 is 11.9 Å². The molecule has 162 valence electrons. The summed E-state index contributed by atoms with van der Waals surface area (Å²) in [6, 6.07) is 0. The van der Waals surface area contributed by atoms with Crippen molar-refractivity contribution in [1.29, 1.82) is 0 Å². The van der Waals surface area contributed by atoms with Crippen LogP contribution in [0.15, 0.2) is 0 Å². The normalized spacial score (nSPS) is 12.7. The molecule has 0 aromatic heterocycles. The fourth-order valence-corrected chi connectivity index (χ4v) is 5.56. The highest BCUT2D eigenvalue weighted by atomic mass is 32.2. The van der Waals surface area contributed by atoms with E-state index in [1.54, 1.807) is 23.5 Å². The van der Waals surface area contributed by atoms with Gasteiger partial charge in [-0.25, -0.2) is 0 Å². The first kappa shape index (κ1) is 28.8. The molecule has 6 heteroatoms. The molecule has 0 bridgehead atoms. The Balaban J connectivity index is 0. The number of carbonyl (C=O) groups is 2. The number of ether oxygens (including phenoxy) is 2. The van der Waals surface area contributed by atoms with E-state index < -0.39 is 9.49 Å². The Morgan fingerprint density at radius 1 is 0.667 bits per heavy atom. The first-order chi connectivity index (χ1) is 11.9. The molecule has 0 saturated carbocycles. The third-order valence-electron chi connectivity index (χ3n) is 3.48. The van der Waals surface area contributed by atoms with Gasteiger partial charge in [0.1, 0.15) is 9.49 Å². The van der Waals surface area contributed by atoms with Crippen molar-refractivity contribution in [2.45, 2.75) is 108 Å². The lowest BCUT2D eigenvalue weighted by Crippen LogP contribution is -2.35. The summed E-state index contributed by atoms with van der Waals surface area (Å²) in [5, 5.41) is 0. The van der Waals surface area contributed by atoms with Crippen molar-refractivity contribution < 1.29 is 19.1 Å². The average Bonchev–Trinajstić information content (AvgIpc) is 2.45. The topological polar surface area (TPSA) is 52.6 Å². The number of hydrogen-bond acceptors (Lipinski definition) is 6. The molecule has 0 aromatic carbocycles. The van der Waals surface area contributed by atoms with Crippen molar-refractivity contribution in [2.24, 2.45) is 0 Å². The van der Waals surface area contributed by atoms with Gasteiger partial charge in [-0.15, -0.1) is 23.5 Å². The van der Waals surface area contributed by atoms with Gasteiger partial charge in [-0.3, -0.25) is 9.59 Å². The summed E-state index contributed by atoms with van der Waals surface area (Å²) in [5.74, 6) is -0.249. The largest absolute Gasteiger partial charge is 0.465 e. The summed E-state index contributed by atoms with van der Waals surface area (Å²) in [4.78, 5) is 23.1. The highest BCUT2D eigenvalue weighted by molar-refractivity contribution is 8.02. The number of rotatable bonds is 8. The molecule has 0 aliphatic rings. The molecule has 0 fully saturated rings. The van der Waals surface area contributed by atoms with Crippen LogP contribution in [0.4, 0.5) is 0 Å². The summed E-state index contributed by atoms with van der Waals surface area (Å²) < 4.78 is 9.33. The third-order valence-corrected chi connectivity index (χ3v) is 6.29. The Morgan fingerprint density at radius 3 is 1.26 bits per heavy atom. The highest BCUT2D eigenvalue weighted by Gasteiger charge is 2.36. The van der Waals surface area contributed by atoms with Gasteiger partial charge in [-0.05, 0) is 48.0 Å². The minimum atomic E-state index is -0.450. The summed E-state index contributed by atoms with van der Waals surface area (Å²) in [6.45, 7) is 24.9. The zero-order valence-corrected chi connectivity index (χ0v) is 21.2. The molecule has 0 heterocycles. The summed E-state index contributed by atoms with van der Waals surface area (Å²) in [7, 11) is 0. The molecule has 0 spiro atoms. The van der Waals surface area contributed by atoms with Crippen LogP contribution in [-0.4, -0.2) is 44.1 Å². The van der Waals surface area contributed by atoms with Gasteiger partial charge < -0.3 is 9.47 Å². The Labute approximate surface area is 176 Å². The van der Waals surface area contributed by atoms with Crippen molar-refractivity contribution in [3.05, 3.63) is 0 Å². The molecule has 0 N–H and O–H groups in total. The van der Waals surface area contributed by atoms with Crippen LogP contribution in [0.5, 0.6) is 0 Å². The minimum absolute atomic E-state index is 0.0796. The van der Waals surface area contributed by atoms with Gasteiger partial charge in [0.15, 0.2) is 0 Å². The van der Waals surface area contributed by atoms with Gasteiger partial charge in [0, 0.05) is 9.49 Å². The molecular formula is C21H42O4S2. The number of esters is 2. The van der Waals surface area contributed by atoms with E-state index in [4.69, 9.17) is 9.47 Å². The van der Waals surface area contributed by atoms with Gasteiger partial charge in [0.05, 0.1) is 13.2 Å². The number of carbonyl (C=O) groups excluding carboxylic acids is 2. The number of hydrogen-bond donors (Lipinski definition) is 0. The molecule has 0 amide bonds. The first-order valence-electron chi connectivity index (χ1n) is 9.69. The molecule has 0 radical (unpaired) electrons. The van der Waals surface area contributed by atoms with Gasteiger partial charge in [-0.1, -0.05) is 41.5 Å². The summed E-state index contributed by atoms with van der Waals surface area (Å²) in [6.07, 6.45) is 1.04. The van der Waals surface area contributed by atoms with E-state index in [2.05, 4.69) is 41.5 Å². The molecule has 0 unspecified atom stereocenters. The lowest BCUT2D eigenvalue weighted by atomic mass is 10.1. The van der Waals surface area contributed by atoms with E-state index in [0.717, 1.165) is 6.42 Å². The highest BCUT2D eigenvalue weighted by Crippen LogP contribution is 2.39. The molecular weight excluding hydrogens is 380 g/mol. The lowest BCUT2D eigenvalue weighted by Gasteiger charge is -2.31. The molecule has 0 aliphatic heterocycles. The Hall–Kier alpha value is -0.360. The van der Waals surface area contributed by atoms with Gasteiger partial charge in [0.2, 0.25) is 0 Å². The molecule has 4 nitrogen and oxygen atoms in total. The quantitative estimate of drug-likeness (QED) is 0.440. The second kappa shape index (κ2) is 11.6. The van der Waals surface area contributed by atoms with Crippen molar-refractivity contribution in [2.75, 3.05) is 13.2 Å². The van der Waals surface area contributed by atoms with E-state index in [1.807, 2.05) is 41.5 Å². The minimum Gasteiger partial charge on any atom is -0.465 e. The monoisotopic (exact) mass is 422 g/mol. The average molecular weight is 423 g/mol.